The van der Waals surface area contributed by atoms with E-state index in [9.17, 15) is 9.90 Å². The Morgan fingerprint density at radius 3 is 2.50 bits per heavy atom. The molecule has 3 aliphatic rings. The zero-order valence-corrected chi connectivity index (χ0v) is 13.4. The minimum absolute atomic E-state index is 0.136. The number of alkyl carbamates (subject to hydrolysis) is 1. The second-order valence-corrected chi connectivity index (χ2v) is 8.04. The van der Waals surface area contributed by atoms with Crippen LogP contribution in [0.4, 0.5) is 4.79 Å². The Morgan fingerprint density at radius 2 is 2.00 bits per heavy atom. The number of carbonyl (C=O) groups is 1. The molecule has 3 unspecified atom stereocenters. The summed E-state index contributed by atoms with van der Waals surface area (Å²) in [4.78, 5) is 12.1. The van der Waals surface area contributed by atoms with Gasteiger partial charge in [0.25, 0.3) is 0 Å². The summed E-state index contributed by atoms with van der Waals surface area (Å²) >= 11 is 0. The fourth-order valence-corrected chi connectivity index (χ4v) is 4.03. The second-order valence-electron chi connectivity index (χ2n) is 8.04. The highest BCUT2D eigenvalue weighted by Gasteiger charge is 2.57. The van der Waals surface area contributed by atoms with Crippen molar-refractivity contribution in [3.8, 4) is 0 Å². The van der Waals surface area contributed by atoms with Gasteiger partial charge >= 0.3 is 6.09 Å². The van der Waals surface area contributed by atoms with E-state index in [0.29, 0.717) is 17.3 Å². The number of carbonyl (C=O) groups excluding carboxylic acids is 1. The van der Waals surface area contributed by atoms with Crippen LogP contribution in [0, 0.1) is 23.2 Å². The molecule has 0 aromatic carbocycles. The summed E-state index contributed by atoms with van der Waals surface area (Å²) in [6.07, 6.45) is 2.73. The fourth-order valence-electron chi connectivity index (χ4n) is 4.03. The molecule has 0 spiro atoms. The van der Waals surface area contributed by atoms with E-state index in [1.54, 1.807) is 0 Å². The highest BCUT2D eigenvalue weighted by Crippen LogP contribution is 2.61. The van der Waals surface area contributed by atoms with Crippen LogP contribution in [0.3, 0.4) is 0 Å². The Hall–Kier alpha value is -0.770. The van der Waals surface area contributed by atoms with Crippen molar-refractivity contribution in [2.45, 2.75) is 65.5 Å². The van der Waals surface area contributed by atoms with E-state index in [4.69, 9.17) is 4.74 Å². The lowest BCUT2D eigenvalue weighted by Crippen LogP contribution is -2.63. The smallest absolute Gasteiger partial charge is 0.407 e. The van der Waals surface area contributed by atoms with Crippen LogP contribution >= 0.6 is 0 Å². The fraction of sp³-hybridized carbons (Fsp3) is 0.938. The number of nitrogens with one attached hydrogen (secondary N) is 1. The normalized spacial score (nSPS) is 35.1. The molecule has 4 heteroatoms. The van der Waals surface area contributed by atoms with Gasteiger partial charge in [0.15, 0.2) is 0 Å². The molecule has 3 fully saturated rings. The summed E-state index contributed by atoms with van der Waals surface area (Å²) in [5.74, 6) is 1.62. The zero-order valence-electron chi connectivity index (χ0n) is 13.4. The molecule has 0 radical (unpaired) electrons. The molecule has 20 heavy (non-hydrogen) atoms. The van der Waals surface area contributed by atoms with Crippen molar-refractivity contribution in [1.82, 2.24) is 5.32 Å². The molecule has 0 aromatic rings. The molecule has 1 amide bonds. The Labute approximate surface area is 122 Å². The van der Waals surface area contributed by atoms with Gasteiger partial charge in [-0.25, -0.2) is 4.79 Å². The molecule has 0 heterocycles. The summed E-state index contributed by atoms with van der Waals surface area (Å²) in [5, 5.41) is 12.3. The quantitative estimate of drug-likeness (QED) is 0.837. The standard InChI is InChI=1S/C16H29NO3/c1-15(2,3)20-14(19)17-13-10(6-7-18)8-11-9-12(13)16(11,4)5/h10-13,18H,6-9H2,1-5H3,(H,17,19)/t10?,11?,12?,13-/m1/s1. The van der Waals surface area contributed by atoms with Crippen LogP contribution in [0.15, 0.2) is 0 Å². The Kier molecular flexibility index (Phi) is 4.07. The van der Waals surface area contributed by atoms with E-state index in [2.05, 4.69) is 19.2 Å². The summed E-state index contributed by atoms with van der Waals surface area (Å²) in [7, 11) is 0. The van der Waals surface area contributed by atoms with Crippen LogP contribution in [-0.2, 0) is 4.74 Å². The topological polar surface area (TPSA) is 58.6 Å². The van der Waals surface area contributed by atoms with Crippen molar-refractivity contribution < 1.29 is 14.6 Å². The summed E-state index contributed by atoms with van der Waals surface area (Å²) in [6.45, 7) is 10.4. The van der Waals surface area contributed by atoms with Crippen LogP contribution in [0.1, 0.15) is 53.9 Å². The van der Waals surface area contributed by atoms with Gasteiger partial charge in [-0.15, -0.1) is 0 Å². The third-order valence-electron chi connectivity index (χ3n) is 5.26. The predicted octanol–water partition coefficient (Wildman–Crippen LogP) is 2.94. The molecule has 3 saturated carbocycles. The third kappa shape index (κ3) is 2.95. The maximum Gasteiger partial charge on any atom is 0.407 e. The van der Waals surface area contributed by atoms with Crippen LogP contribution in [0.2, 0.25) is 0 Å². The van der Waals surface area contributed by atoms with Gasteiger partial charge in [-0.1, -0.05) is 13.8 Å². The van der Waals surface area contributed by atoms with E-state index >= 15 is 0 Å². The number of aliphatic hydroxyl groups is 1. The molecule has 2 N–H and O–H groups in total. The molecular weight excluding hydrogens is 254 g/mol. The van der Waals surface area contributed by atoms with E-state index in [1.807, 2.05) is 20.8 Å². The van der Waals surface area contributed by atoms with Gasteiger partial charge in [0.1, 0.15) is 5.60 Å². The van der Waals surface area contributed by atoms with Gasteiger partial charge in [-0.3, -0.25) is 0 Å². The Morgan fingerprint density at radius 1 is 1.35 bits per heavy atom. The van der Waals surface area contributed by atoms with Gasteiger partial charge < -0.3 is 15.2 Å². The highest BCUT2D eigenvalue weighted by molar-refractivity contribution is 5.68. The SMILES string of the molecule is CC(C)(C)OC(=O)N[C@@H]1C(CCO)CC2CC1C2(C)C. The van der Waals surface area contributed by atoms with Gasteiger partial charge in [-0.05, 0) is 63.2 Å². The van der Waals surface area contributed by atoms with Crippen molar-refractivity contribution in [3.05, 3.63) is 0 Å². The van der Waals surface area contributed by atoms with E-state index < -0.39 is 5.60 Å². The first kappa shape index (κ1) is 15.6. The van der Waals surface area contributed by atoms with E-state index in [1.165, 1.54) is 6.42 Å². The first-order chi connectivity index (χ1) is 9.15. The predicted molar refractivity (Wildman–Crippen MR) is 78.3 cm³/mol. The molecule has 4 atom stereocenters. The molecule has 0 aromatic heterocycles. The van der Waals surface area contributed by atoms with Gasteiger partial charge in [0, 0.05) is 12.6 Å². The van der Waals surface area contributed by atoms with E-state index in [-0.39, 0.29) is 18.7 Å². The Balaban J connectivity index is 2.03. The number of aliphatic hydroxyl groups excluding tert-OH is 1. The van der Waals surface area contributed by atoms with Crippen LogP contribution in [0.25, 0.3) is 0 Å². The number of fused-ring (bicyclic) bond motifs is 2. The van der Waals surface area contributed by atoms with Crippen LogP contribution < -0.4 is 5.32 Å². The second kappa shape index (κ2) is 5.21. The summed E-state index contributed by atoms with van der Waals surface area (Å²) in [6, 6.07) is 0.136. The number of hydrogen-bond donors (Lipinski definition) is 2. The molecule has 0 aliphatic heterocycles. The highest BCUT2D eigenvalue weighted by atomic mass is 16.6. The van der Waals surface area contributed by atoms with Crippen molar-refractivity contribution in [2.24, 2.45) is 23.2 Å². The monoisotopic (exact) mass is 283 g/mol. The lowest BCUT2D eigenvalue weighted by Gasteiger charge is -2.62. The van der Waals surface area contributed by atoms with Crippen molar-refractivity contribution in [1.29, 1.82) is 0 Å². The Bertz CT molecular complexity index is 372. The minimum Gasteiger partial charge on any atom is -0.444 e. The number of amides is 1. The third-order valence-corrected chi connectivity index (χ3v) is 5.26. The zero-order chi connectivity index (χ0) is 15.1. The first-order valence-electron chi connectivity index (χ1n) is 7.75. The molecule has 3 aliphatic carbocycles. The maximum atomic E-state index is 12.1. The minimum atomic E-state index is -0.469. The van der Waals surface area contributed by atoms with Crippen molar-refractivity contribution in [3.63, 3.8) is 0 Å². The number of rotatable bonds is 3. The van der Waals surface area contributed by atoms with Gasteiger partial charge in [0.05, 0.1) is 0 Å². The van der Waals surface area contributed by atoms with Gasteiger partial charge in [-0.2, -0.15) is 0 Å². The average Bonchev–Trinajstić information content (AvgIpc) is 2.28. The molecular formula is C16H29NO3. The lowest BCUT2D eigenvalue weighted by molar-refractivity contribution is -0.117. The van der Waals surface area contributed by atoms with Gasteiger partial charge in [0.2, 0.25) is 0 Å². The largest absolute Gasteiger partial charge is 0.444 e. The van der Waals surface area contributed by atoms with Crippen molar-refractivity contribution >= 4 is 6.09 Å². The van der Waals surface area contributed by atoms with E-state index in [0.717, 1.165) is 18.8 Å². The number of hydrogen-bond acceptors (Lipinski definition) is 3. The molecule has 3 rings (SSSR count). The molecule has 116 valence electrons. The molecule has 2 bridgehead atoms. The number of ether oxygens (including phenoxy) is 1. The maximum absolute atomic E-state index is 12.1. The summed E-state index contributed by atoms with van der Waals surface area (Å²) < 4.78 is 5.39. The van der Waals surface area contributed by atoms with Crippen LogP contribution in [0.5, 0.6) is 0 Å². The van der Waals surface area contributed by atoms with Crippen LogP contribution in [-0.4, -0.2) is 29.4 Å². The van der Waals surface area contributed by atoms with Crippen molar-refractivity contribution in [2.75, 3.05) is 6.61 Å². The lowest BCUT2D eigenvalue weighted by atomic mass is 9.44. The first-order valence-corrected chi connectivity index (χ1v) is 7.75. The summed E-state index contributed by atoms with van der Waals surface area (Å²) in [5.41, 5.74) is -0.172. The average molecular weight is 283 g/mol. The molecule has 4 nitrogen and oxygen atoms in total. The molecule has 0 saturated heterocycles.